The van der Waals surface area contributed by atoms with E-state index in [4.69, 9.17) is 4.98 Å². The Kier molecular flexibility index (Phi) is 3.93. The number of imidazole rings is 1. The Bertz CT molecular complexity index is 1170. The summed E-state index contributed by atoms with van der Waals surface area (Å²) in [4.78, 5) is 8.19. The van der Waals surface area contributed by atoms with Gasteiger partial charge in [0, 0.05) is 11.1 Å². The van der Waals surface area contributed by atoms with Crippen molar-refractivity contribution in [2.45, 2.75) is 39.0 Å². The third-order valence-electron chi connectivity index (χ3n) is 5.61. The van der Waals surface area contributed by atoms with Gasteiger partial charge in [-0.3, -0.25) is 5.10 Å². The summed E-state index contributed by atoms with van der Waals surface area (Å²) in [6, 6.07) is 8.83. The molecule has 0 atom stereocenters. The predicted octanol–water partition coefficient (Wildman–Crippen LogP) is 4.91. The second-order valence-corrected chi connectivity index (χ2v) is 7.36. The molecule has 0 saturated heterocycles. The first-order chi connectivity index (χ1) is 13.6. The lowest BCUT2D eigenvalue weighted by Gasteiger charge is -2.10. The number of hydrogen-bond acceptors (Lipinski definition) is 3. The van der Waals surface area contributed by atoms with Gasteiger partial charge in [-0.05, 0) is 73.1 Å². The number of H-pyrrole nitrogens is 2. The molecule has 2 heterocycles. The second kappa shape index (κ2) is 6.48. The van der Waals surface area contributed by atoms with Gasteiger partial charge in [-0.2, -0.15) is 5.10 Å². The molecule has 6 heteroatoms. The van der Waals surface area contributed by atoms with E-state index < -0.39 is 5.82 Å². The molecule has 5 rings (SSSR count). The van der Waals surface area contributed by atoms with Gasteiger partial charge >= 0.3 is 0 Å². The summed E-state index contributed by atoms with van der Waals surface area (Å²) in [6.45, 7) is 1.99. The molecule has 0 aliphatic heterocycles. The van der Waals surface area contributed by atoms with Crippen LogP contribution in [0.5, 0.6) is 5.75 Å². The maximum atomic E-state index is 14.0. The maximum Gasteiger partial charge on any atom is 0.165 e. The van der Waals surface area contributed by atoms with Gasteiger partial charge in [-0.1, -0.05) is 13.0 Å². The van der Waals surface area contributed by atoms with Crippen LogP contribution in [-0.4, -0.2) is 25.3 Å². The van der Waals surface area contributed by atoms with Crippen molar-refractivity contribution in [3.05, 3.63) is 53.1 Å². The Labute approximate surface area is 161 Å². The number of aromatic hydroxyl groups is 1. The van der Waals surface area contributed by atoms with Crippen molar-refractivity contribution >= 4 is 10.9 Å². The average Bonchev–Trinajstić information content (AvgIpc) is 3.32. The van der Waals surface area contributed by atoms with Crippen molar-refractivity contribution < 1.29 is 9.50 Å². The number of nitrogens with one attached hydrogen (secondary N) is 2. The SMILES string of the molecule is CCc1cc(O)c(F)cc1-c1ccc2c(-c3nc4c([nH]3)CCCC4)n[nH]c2c1. The largest absolute Gasteiger partial charge is 0.505 e. The van der Waals surface area contributed by atoms with Crippen LogP contribution >= 0.6 is 0 Å². The number of aromatic nitrogens is 4. The third kappa shape index (κ3) is 2.68. The number of phenols is 1. The number of hydrogen-bond donors (Lipinski definition) is 3. The highest BCUT2D eigenvalue weighted by Gasteiger charge is 2.19. The molecule has 28 heavy (non-hydrogen) atoms. The molecule has 1 aliphatic rings. The number of aryl methyl sites for hydroxylation is 3. The van der Waals surface area contributed by atoms with Gasteiger partial charge in [0.15, 0.2) is 17.4 Å². The molecule has 4 aromatic rings. The minimum Gasteiger partial charge on any atom is -0.505 e. The number of phenolic OH excluding ortho intramolecular Hbond substituents is 1. The summed E-state index contributed by atoms with van der Waals surface area (Å²) >= 11 is 0. The number of aromatic amines is 2. The fourth-order valence-corrected chi connectivity index (χ4v) is 4.10. The van der Waals surface area contributed by atoms with E-state index in [0.717, 1.165) is 57.6 Å². The smallest absolute Gasteiger partial charge is 0.165 e. The van der Waals surface area contributed by atoms with Crippen molar-refractivity contribution in [1.82, 2.24) is 20.2 Å². The van der Waals surface area contributed by atoms with Crippen LogP contribution in [0.4, 0.5) is 4.39 Å². The van der Waals surface area contributed by atoms with Crippen molar-refractivity contribution in [3.8, 4) is 28.4 Å². The number of benzene rings is 2. The van der Waals surface area contributed by atoms with E-state index in [1.165, 1.54) is 30.7 Å². The molecule has 0 fully saturated rings. The lowest BCUT2D eigenvalue weighted by molar-refractivity contribution is 0.432. The molecule has 1 aliphatic carbocycles. The Morgan fingerprint density at radius 2 is 2.00 bits per heavy atom. The molecule has 2 aromatic carbocycles. The van der Waals surface area contributed by atoms with E-state index in [9.17, 15) is 9.50 Å². The number of fused-ring (bicyclic) bond motifs is 2. The minimum atomic E-state index is -0.612. The molecule has 3 N–H and O–H groups in total. The van der Waals surface area contributed by atoms with Crippen LogP contribution in [0.25, 0.3) is 33.5 Å². The van der Waals surface area contributed by atoms with Gasteiger partial charge in [0.2, 0.25) is 0 Å². The van der Waals surface area contributed by atoms with Gasteiger partial charge in [-0.15, -0.1) is 0 Å². The van der Waals surface area contributed by atoms with Crippen LogP contribution < -0.4 is 0 Å². The molecule has 0 bridgehead atoms. The Morgan fingerprint density at radius 3 is 2.82 bits per heavy atom. The number of halogens is 1. The van der Waals surface area contributed by atoms with E-state index in [1.54, 1.807) is 0 Å². The number of nitrogens with zero attached hydrogens (tertiary/aromatic N) is 2. The normalized spacial score (nSPS) is 13.8. The highest BCUT2D eigenvalue weighted by molar-refractivity contribution is 5.94. The second-order valence-electron chi connectivity index (χ2n) is 7.36. The van der Waals surface area contributed by atoms with Crippen molar-refractivity contribution in [1.29, 1.82) is 0 Å². The highest BCUT2D eigenvalue weighted by Crippen LogP contribution is 2.34. The van der Waals surface area contributed by atoms with E-state index in [-0.39, 0.29) is 5.75 Å². The van der Waals surface area contributed by atoms with Gasteiger partial charge in [0.25, 0.3) is 0 Å². The molecule has 142 valence electrons. The van der Waals surface area contributed by atoms with E-state index in [0.29, 0.717) is 6.42 Å². The van der Waals surface area contributed by atoms with Crippen molar-refractivity contribution in [2.75, 3.05) is 0 Å². The zero-order valence-corrected chi connectivity index (χ0v) is 15.6. The summed E-state index contributed by atoms with van der Waals surface area (Å²) in [5.74, 6) is -0.123. The van der Waals surface area contributed by atoms with Gasteiger partial charge in [0.05, 0.1) is 11.2 Å². The zero-order valence-electron chi connectivity index (χ0n) is 15.6. The summed E-state index contributed by atoms with van der Waals surface area (Å²) in [7, 11) is 0. The third-order valence-corrected chi connectivity index (χ3v) is 5.61. The zero-order chi connectivity index (χ0) is 19.3. The van der Waals surface area contributed by atoms with Crippen LogP contribution in [0.2, 0.25) is 0 Å². The van der Waals surface area contributed by atoms with E-state index >= 15 is 0 Å². The standard InChI is InChI=1S/C22H21FN4O/c1-2-12-10-20(28)16(23)11-15(12)13-7-8-14-19(9-13)26-27-21(14)22-24-17-5-3-4-6-18(17)25-22/h7-11,28H,2-6H2,1H3,(H,24,25)(H,26,27). The first-order valence-corrected chi connectivity index (χ1v) is 9.72. The van der Waals surface area contributed by atoms with Crippen molar-refractivity contribution in [2.24, 2.45) is 0 Å². The van der Waals surface area contributed by atoms with E-state index in [1.807, 2.05) is 25.1 Å². The van der Waals surface area contributed by atoms with Crippen LogP contribution in [0, 0.1) is 5.82 Å². The number of rotatable bonds is 3. The summed E-state index contributed by atoms with van der Waals surface area (Å²) < 4.78 is 14.0. The van der Waals surface area contributed by atoms with Crippen molar-refractivity contribution in [3.63, 3.8) is 0 Å². The molecule has 0 spiro atoms. The van der Waals surface area contributed by atoms with E-state index in [2.05, 4.69) is 15.2 Å². The molecule has 0 radical (unpaired) electrons. The Morgan fingerprint density at radius 1 is 1.14 bits per heavy atom. The minimum absolute atomic E-state index is 0.313. The molecular weight excluding hydrogens is 355 g/mol. The predicted molar refractivity (Wildman–Crippen MR) is 107 cm³/mol. The Hall–Kier alpha value is -3.15. The topological polar surface area (TPSA) is 77.6 Å². The molecule has 0 amide bonds. The Balaban J connectivity index is 1.59. The monoisotopic (exact) mass is 376 g/mol. The lowest BCUT2D eigenvalue weighted by atomic mass is 9.96. The van der Waals surface area contributed by atoms with Crippen LogP contribution in [0.15, 0.2) is 30.3 Å². The molecule has 0 saturated carbocycles. The van der Waals surface area contributed by atoms with Gasteiger partial charge < -0.3 is 10.1 Å². The van der Waals surface area contributed by atoms with Crippen LogP contribution in [0.3, 0.4) is 0 Å². The highest BCUT2D eigenvalue weighted by atomic mass is 19.1. The average molecular weight is 376 g/mol. The summed E-state index contributed by atoms with van der Waals surface area (Å²) in [5.41, 5.74) is 6.63. The first kappa shape index (κ1) is 17.0. The summed E-state index contributed by atoms with van der Waals surface area (Å²) in [5, 5.41) is 18.2. The molecular formula is C22H21FN4O. The fraction of sp³-hybridized carbons (Fsp3) is 0.273. The fourth-order valence-electron chi connectivity index (χ4n) is 4.10. The van der Waals surface area contributed by atoms with Crippen LogP contribution in [-0.2, 0) is 19.3 Å². The first-order valence-electron chi connectivity index (χ1n) is 9.72. The quantitative estimate of drug-likeness (QED) is 0.476. The maximum absolute atomic E-state index is 14.0. The van der Waals surface area contributed by atoms with Gasteiger partial charge in [-0.25, -0.2) is 9.37 Å². The molecule has 2 aromatic heterocycles. The van der Waals surface area contributed by atoms with Gasteiger partial charge in [0.1, 0.15) is 5.69 Å². The van der Waals surface area contributed by atoms with Crippen LogP contribution in [0.1, 0.15) is 36.7 Å². The lowest BCUT2D eigenvalue weighted by Crippen LogP contribution is -2.00. The summed E-state index contributed by atoms with van der Waals surface area (Å²) in [6.07, 6.45) is 5.14. The molecule has 5 nitrogen and oxygen atoms in total. The molecule has 0 unspecified atom stereocenters.